The van der Waals surface area contributed by atoms with Gasteiger partial charge in [0.15, 0.2) is 0 Å². The number of aromatic amines is 1. The highest BCUT2D eigenvalue weighted by molar-refractivity contribution is 9.10. The molecule has 1 fully saturated rings. The fourth-order valence-corrected chi connectivity index (χ4v) is 2.83. The monoisotopic (exact) mass is 393 g/mol. The Bertz CT molecular complexity index is 851. The number of nitrogens with zero attached hydrogens (tertiary/aromatic N) is 1. The molecule has 24 heavy (non-hydrogen) atoms. The van der Waals surface area contributed by atoms with Crippen LogP contribution >= 0.6 is 15.9 Å². The molecule has 126 valence electrons. The van der Waals surface area contributed by atoms with Crippen molar-refractivity contribution in [1.29, 1.82) is 0 Å². The summed E-state index contributed by atoms with van der Waals surface area (Å²) in [6, 6.07) is 6.97. The Morgan fingerprint density at radius 1 is 1.33 bits per heavy atom. The molecule has 1 aromatic heterocycles. The highest BCUT2D eigenvalue weighted by atomic mass is 79.9. The van der Waals surface area contributed by atoms with E-state index in [2.05, 4.69) is 26.2 Å². The Balaban J connectivity index is 1.84. The quantitative estimate of drug-likeness (QED) is 0.826. The molecule has 2 N–H and O–H groups in total. The number of H-pyrrole nitrogens is 1. The standard InChI is InChI=1S/C16H16BrN3O4/c17-10-3-5-11(6-4-10)19-14(21)13-8-18-16(23)20(15(13)22)9-12-2-1-7-24-12/h3-6,8,12H,1-2,7,9H2,(H,18,23)(H,19,21). The van der Waals surface area contributed by atoms with Gasteiger partial charge in [-0.15, -0.1) is 0 Å². The van der Waals surface area contributed by atoms with E-state index in [0.29, 0.717) is 12.3 Å². The first-order valence-corrected chi connectivity index (χ1v) is 8.35. The van der Waals surface area contributed by atoms with Crippen molar-refractivity contribution >= 4 is 27.5 Å². The van der Waals surface area contributed by atoms with Crippen molar-refractivity contribution in [1.82, 2.24) is 9.55 Å². The molecule has 1 atom stereocenters. The Kier molecular flexibility index (Phi) is 4.96. The number of carbonyl (C=O) groups is 1. The zero-order valence-corrected chi connectivity index (χ0v) is 14.3. The van der Waals surface area contributed by atoms with Gasteiger partial charge in [-0.25, -0.2) is 4.79 Å². The van der Waals surface area contributed by atoms with Gasteiger partial charge in [0, 0.05) is 23.0 Å². The predicted molar refractivity (Wildman–Crippen MR) is 92.4 cm³/mol. The fourth-order valence-electron chi connectivity index (χ4n) is 2.56. The van der Waals surface area contributed by atoms with Gasteiger partial charge < -0.3 is 15.0 Å². The molecule has 1 aliphatic rings. The first kappa shape index (κ1) is 16.7. The summed E-state index contributed by atoms with van der Waals surface area (Å²) in [7, 11) is 0. The van der Waals surface area contributed by atoms with E-state index in [1.54, 1.807) is 24.3 Å². The molecule has 8 heteroatoms. The van der Waals surface area contributed by atoms with Gasteiger partial charge in [-0.3, -0.25) is 14.2 Å². The maximum atomic E-state index is 12.5. The van der Waals surface area contributed by atoms with Crippen LogP contribution in [0, 0.1) is 0 Å². The van der Waals surface area contributed by atoms with Gasteiger partial charge in [-0.2, -0.15) is 0 Å². The largest absolute Gasteiger partial charge is 0.376 e. The molecule has 3 rings (SSSR count). The number of hydrogen-bond donors (Lipinski definition) is 2. The molecule has 1 aliphatic heterocycles. The molecule has 0 radical (unpaired) electrons. The zero-order chi connectivity index (χ0) is 17.1. The minimum absolute atomic E-state index is 0.115. The van der Waals surface area contributed by atoms with Crippen molar-refractivity contribution in [3.05, 3.63) is 61.3 Å². The number of amides is 1. The Hall–Kier alpha value is -2.19. The van der Waals surface area contributed by atoms with Crippen LogP contribution in [0.5, 0.6) is 0 Å². The third-order valence-corrected chi connectivity index (χ3v) is 4.35. The molecule has 1 aromatic carbocycles. The van der Waals surface area contributed by atoms with Gasteiger partial charge in [0.1, 0.15) is 5.56 Å². The SMILES string of the molecule is O=C(Nc1ccc(Br)cc1)c1c[nH]c(=O)n(CC2CCCO2)c1=O. The first-order chi connectivity index (χ1) is 11.5. The Morgan fingerprint density at radius 2 is 2.08 bits per heavy atom. The van der Waals surface area contributed by atoms with Crippen LogP contribution in [0.15, 0.2) is 44.5 Å². The normalized spacial score (nSPS) is 17.0. The average Bonchev–Trinajstić information content (AvgIpc) is 3.06. The fraction of sp³-hybridized carbons (Fsp3) is 0.312. The van der Waals surface area contributed by atoms with E-state index in [-0.39, 0.29) is 18.2 Å². The molecule has 0 aliphatic carbocycles. The molecular formula is C16H16BrN3O4. The highest BCUT2D eigenvalue weighted by Gasteiger charge is 2.20. The van der Waals surface area contributed by atoms with Crippen LogP contribution in [0.3, 0.4) is 0 Å². The second-order valence-corrected chi connectivity index (χ2v) is 6.43. The third kappa shape index (κ3) is 3.65. The van der Waals surface area contributed by atoms with Crippen LogP contribution in [0.4, 0.5) is 5.69 Å². The predicted octanol–water partition coefficient (Wildman–Crippen LogP) is 1.73. The lowest BCUT2D eigenvalue weighted by atomic mass is 10.2. The topological polar surface area (TPSA) is 93.2 Å². The number of hydrogen-bond acceptors (Lipinski definition) is 4. The van der Waals surface area contributed by atoms with Crippen LogP contribution in [-0.2, 0) is 11.3 Å². The zero-order valence-electron chi connectivity index (χ0n) is 12.8. The number of anilines is 1. The molecule has 1 unspecified atom stereocenters. The van der Waals surface area contributed by atoms with E-state index in [0.717, 1.165) is 28.1 Å². The molecule has 0 spiro atoms. The summed E-state index contributed by atoms with van der Waals surface area (Å²) in [5.41, 5.74) is -0.727. The minimum atomic E-state index is -0.621. The van der Waals surface area contributed by atoms with Gasteiger partial charge in [0.25, 0.3) is 11.5 Å². The summed E-state index contributed by atoms with van der Waals surface area (Å²) in [4.78, 5) is 39.2. The average molecular weight is 394 g/mol. The molecule has 0 saturated carbocycles. The smallest absolute Gasteiger partial charge is 0.328 e. The summed E-state index contributed by atoms with van der Waals surface area (Å²) < 4.78 is 7.36. The summed E-state index contributed by atoms with van der Waals surface area (Å²) in [6.45, 7) is 0.772. The van der Waals surface area contributed by atoms with Crippen molar-refractivity contribution < 1.29 is 9.53 Å². The van der Waals surface area contributed by atoms with Gasteiger partial charge in [0.05, 0.1) is 12.6 Å². The van der Waals surface area contributed by atoms with Crippen LogP contribution in [0.1, 0.15) is 23.2 Å². The first-order valence-electron chi connectivity index (χ1n) is 7.55. The molecule has 1 saturated heterocycles. The molecule has 1 amide bonds. The number of nitrogens with one attached hydrogen (secondary N) is 2. The van der Waals surface area contributed by atoms with Crippen LogP contribution < -0.4 is 16.6 Å². The highest BCUT2D eigenvalue weighted by Crippen LogP contribution is 2.15. The van der Waals surface area contributed by atoms with Gasteiger partial charge in [-0.05, 0) is 37.1 Å². The number of carbonyl (C=O) groups excluding carboxylic acids is 1. The van der Waals surface area contributed by atoms with E-state index < -0.39 is 17.2 Å². The lowest BCUT2D eigenvalue weighted by Crippen LogP contribution is -2.41. The van der Waals surface area contributed by atoms with Crippen molar-refractivity contribution in [2.45, 2.75) is 25.5 Å². The third-order valence-electron chi connectivity index (χ3n) is 3.82. The summed E-state index contributed by atoms with van der Waals surface area (Å²) in [6.07, 6.45) is 2.67. The lowest BCUT2D eigenvalue weighted by Gasteiger charge is -2.12. The van der Waals surface area contributed by atoms with E-state index in [1.165, 1.54) is 0 Å². The number of aromatic nitrogens is 2. The van der Waals surface area contributed by atoms with Crippen molar-refractivity contribution in [2.24, 2.45) is 0 Å². The van der Waals surface area contributed by atoms with Crippen molar-refractivity contribution in [3.63, 3.8) is 0 Å². The maximum absolute atomic E-state index is 12.5. The Labute approximate surface area is 145 Å². The van der Waals surface area contributed by atoms with E-state index in [4.69, 9.17) is 4.74 Å². The van der Waals surface area contributed by atoms with Gasteiger partial charge in [0.2, 0.25) is 0 Å². The second-order valence-electron chi connectivity index (χ2n) is 5.52. The molecular weight excluding hydrogens is 378 g/mol. The van der Waals surface area contributed by atoms with Crippen LogP contribution in [0.25, 0.3) is 0 Å². The molecule has 7 nitrogen and oxygen atoms in total. The number of halogens is 1. The van der Waals surface area contributed by atoms with E-state index >= 15 is 0 Å². The van der Waals surface area contributed by atoms with Crippen molar-refractivity contribution in [3.8, 4) is 0 Å². The molecule has 2 aromatic rings. The maximum Gasteiger partial charge on any atom is 0.328 e. The number of ether oxygens (including phenoxy) is 1. The van der Waals surface area contributed by atoms with E-state index in [9.17, 15) is 14.4 Å². The van der Waals surface area contributed by atoms with Gasteiger partial charge >= 0.3 is 5.69 Å². The van der Waals surface area contributed by atoms with Crippen LogP contribution in [0.2, 0.25) is 0 Å². The number of benzene rings is 1. The van der Waals surface area contributed by atoms with Crippen molar-refractivity contribution in [2.75, 3.05) is 11.9 Å². The molecule has 2 heterocycles. The summed E-state index contributed by atoms with van der Waals surface area (Å²) in [5, 5.41) is 2.64. The lowest BCUT2D eigenvalue weighted by molar-refractivity contribution is 0.0941. The molecule has 0 bridgehead atoms. The summed E-state index contributed by atoms with van der Waals surface area (Å²) in [5.74, 6) is -0.570. The second kappa shape index (κ2) is 7.14. The van der Waals surface area contributed by atoms with E-state index in [1.807, 2.05) is 0 Å². The Morgan fingerprint density at radius 3 is 2.75 bits per heavy atom. The number of rotatable bonds is 4. The minimum Gasteiger partial charge on any atom is -0.376 e. The summed E-state index contributed by atoms with van der Waals surface area (Å²) >= 11 is 3.31. The van der Waals surface area contributed by atoms with Gasteiger partial charge in [-0.1, -0.05) is 15.9 Å². The van der Waals surface area contributed by atoms with Crippen LogP contribution in [-0.4, -0.2) is 28.2 Å².